The van der Waals surface area contributed by atoms with E-state index in [9.17, 15) is 4.79 Å². The summed E-state index contributed by atoms with van der Waals surface area (Å²) in [5, 5.41) is 14.4. The van der Waals surface area contributed by atoms with Gasteiger partial charge in [0.05, 0.1) is 16.2 Å². The van der Waals surface area contributed by atoms with Gasteiger partial charge in [0.25, 0.3) is 0 Å². The summed E-state index contributed by atoms with van der Waals surface area (Å²) in [5.74, 6) is -0.787. The third-order valence-electron chi connectivity index (χ3n) is 2.74. The second-order valence-corrected chi connectivity index (χ2v) is 7.67. The van der Waals surface area contributed by atoms with Gasteiger partial charge in [-0.1, -0.05) is 6.07 Å². The minimum absolute atomic E-state index is 0.0946. The maximum atomic E-state index is 11.0. The van der Waals surface area contributed by atoms with Crippen LogP contribution in [0.2, 0.25) is 0 Å². The molecule has 2 heterocycles. The van der Waals surface area contributed by atoms with Crippen molar-refractivity contribution >= 4 is 44.6 Å². The Bertz CT molecular complexity index is 539. The van der Waals surface area contributed by atoms with Gasteiger partial charge < -0.3 is 10.4 Å². The number of carbonyl (C=O) groups is 1. The van der Waals surface area contributed by atoms with Crippen LogP contribution in [0.5, 0.6) is 0 Å². The van der Waals surface area contributed by atoms with Crippen LogP contribution in [0.1, 0.15) is 35.2 Å². The van der Waals surface area contributed by atoms with E-state index < -0.39 is 5.97 Å². The van der Waals surface area contributed by atoms with Crippen molar-refractivity contribution in [3.05, 3.63) is 43.2 Å². The highest BCUT2D eigenvalue weighted by Crippen LogP contribution is 2.30. The molecule has 0 aliphatic heterocycles. The molecule has 0 bridgehead atoms. The van der Waals surface area contributed by atoms with Gasteiger partial charge in [-0.2, -0.15) is 0 Å². The molecule has 0 amide bonds. The number of thiophene rings is 2. The van der Waals surface area contributed by atoms with E-state index in [1.54, 1.807) is 22.7 Å². The van der Waals surface area contributed by atoms with Crippen LogP contribution in [0, 0.1) is 0 Å². The number of carboxylic acid groups (broad SMARTS) is 1. The standard InChI is InChI=1S/C13H14BrNO2S2/c1-8(10-4-5-12(14)19-10)15-9(7-13(16)17)11-3-2-6-18-11/h2-6,8-9,15H,7H2,1H3,(H,16,17). The van der Waals surface area contributed by atoms with Crippen molar-refractivity contribution in [1.82, 2.24) is 5.32 Å². The van der Waals surface area contributed by atoms with E-state index in [-0.39, 0.29) is 18.5 Å². The minimum atomic E-state index is -0.787. The van der Waals surface area contributed by atoms with Crippen LogP contribution in [-0.4, -0.2) is 11.1 Å². The summed E-state index contributed by atoms with van der Waals surface area (Å²) in [7, 11) is 0. The van der Waals surface area contributed by atoms with Crippen LogP contribution in [0.4, 0.5) is 0 Å². The molecular formula is C13H14BrNO2S2. The molecule has 0 radical (unpaired) electrons. The Balaban J connectivity index is 2.09. The van der Waals surface area contributed by atoms with Crippen molar-refractivity contribution in [2.75, 3.05) is 0 Å². The average Bonchev–Trinajstić information content (AvgIpc) is 2.97. The quantitative estimate of drug-likeness (QED) is 0.801. The maximum absolute atomic E-state index is 11.0. The first-order valence-electron chi connectivity index (χ1n) is 5.82. The molecule has 0 aromatic carbocycles. The van der Waals surface area contributed by atoms with Gasteiger partial charge in [0.15, 0.2) is 0 Å². The molecule has 6 heteroatoms. The molecule has 0 saturated heterocycles. The molecule has 2 rings (SSSR count). The zero-order chi connectivity index (χ0) is 13.8. The first kappa shape index (κ1) is 14.7. The fourth-order valence-corrected chi connectivity index (χ4v) is 4.07. The van der Waals surface area contributed by atoms with E-state index in [2.05, 4.69) is 34.2 Å². The Hall–Kier alpha value is -0.690. The summed E-state index contributed by atoms with van der Waals surface area (Å²) >= 11 is 6.69. The van der Waals surface area contributed by atoms with Gasteiger partial charge in [0.2, 0.25) is 0 Å². The highest BCUT2D eigenvalue weighted by Gasteiger charge is 2.20. The Labute approximate surface area is 128 Å². The smallest absolute Gasteiger partial charge is 0.305 e. The molecule has 102 valence electrons. The summed E-state index contributed by atoms with van der Waals surface area (Å²) in [5.41, 5.74) is 0. The van der Waals surface area contributed by atoms with Crippen LogP contribution in [0.3, 0.4) is 0 Å². The molecule has 0 saturated carbocycles. The van der Waals surface area contributed by atoms with Crippen molar-refractivity contribution in [1.29, 1.82) is 0 Å². The molecule has 2 aromatic rings. The Morgan fingerprint density at radius 3 is 2.74 bits per heavy atom. The van der Waals surface area contributed by atoms with Gasteiger partial charge in [0.1, 0.15) is 0 Å². The number of halogens is 1. The predicted molar refractivity (Wildman–Crippen MR) is 82.9 cm³/mol. The summed E-state index contributed by atoms with van der Waals surface area (Å²) in [6.45, 7) is 2.06. The monoisotopic (exact) mass is 359 g/mol. The lowest BCUT2D eigenvalue weighted by molar-refractivity contribution is -0.137. The molecule has 0 aliphatic carbocycles. The minimum Gasteiger partial charge on any atom is -0.481 e. The maximum Gasteiger partial charge on any atom is 0.305 e. The lowest BCUT2D eigenvalue weighted by Gasteiger charge is -2.20. The van der Waals surface area contributed by atoms with E-state index in [4.69, 9.17) is 5.11 Å². The van der Waals surface area contributed by atoms with Crippen molar-refractivity contribution in [2.24, 2.45) is 0 Å². The van der Waals surface area contributed by atoms with Gasteiger partial charge in [-0.05, 0) is 46.4 Å². The largest absolute Gasteiger partial charge is 0.481 e. The molecular weight excluding hydrogens is 346 g/mol. The van der Waals surface area contributed by atoms with Crippen LogP contribution >= 0.6 is 38.6 Å². The molecule has 2 aromatic heterocycles. The zero-order valence-electron chi connectivity index (χ0n) is 10.3. The van der Waals surface area contributed by atoms with Gasteiger partial charge in [0, 0.05) is 15.8 Å². The first-order valence-corrected chi connectivity index (χ1v) is 8.31. The molecule has 19 heavy (non-hydrogen) atoms. The summed E-state index contributed by atoms with van der Waals surface area (Å²) in [6.07, 6.45) is 0.0946. The van der Waals surface area contributed by atoms with E-state index in [0.717, 1.165) is 8.66 Å². The van der Waals surface area contributed by atoms with Crippen molar-refractivity contribution < 1.29 is 9.90 Å². The lowest BCUT2D eigenvalue weighted by atomic mass is 10.1. The summed E-state index contributed by atoms with van der Waals surface area (Å²) < 4.78 is 1.09. The third kappa shape index (κ3) is 4.14. The number of nitrogens with one attached hydrogen (secondary N) is 1. The van der Waals surface area contributed by atoms with Crippen molar-refractivity contribution in [3.8, 4) is 0 Å². The normalized spacial score (nSPS) is 14.2. The molecule has 2 atom stereocenters. The molecule has 3 nitrogen and oxygen atoms in total. The van der Waals surface area contributed by atoms with Crippen molar-refractivity contribution in [3.63, 3.8) is 0 Å². The zero-order valence-corrected chi connectivity index (χ0v) is 13.5. The van der Waals surface area contributed by atoms with Gasteiger partial charge in [-0.15, -0.1) is 22.7 Å². The molecule has 0 fully saturated rings. The molecule has 0 aliphatic rings. The molecule has 2 N–H and O–H groups in total. The fourth-order valence-electron chi connectivity index (χ4n) is 1.85. The second kappa shape index (κ2) is 6.65. The Morgan fingerprint density at radius 1 is 1.42 bits per heavy atom. The highest BCUT2D eigenvalue weighted by molar-refractivity contribution is 9.11. The Kier molecular flexibility index (Phi) is 5.15. The average molecular weight is 360 g/mol. The van der Waals surface area contributed by atoms with Crippen molar-refractivity contribution in [2.45, 2.75) is 25.4 Å². The van der Waals surface area contributed by atoms with E-state index in [1.807, 2.05) is 23.6 Å². The predicted octanol–water partition coefficient (Wildman–Crippen LogP) is 4.44. The van der Waals surface area contributed by atoms with E-state index in [0.29, 0.717) is 0 Å². The van der Waals surface area contributed by atoms with Gasteiger partial charge in [-0.3, -0.25) is 4.79 Å². The number of aliphatic carboxylic acids is 1. The summed E-state index contributed by atoms with van der Waals surface area (Å²) in [4.78, 5) is 13.2. The van der Waals surface area contributed by atoms with E-state index in [1.165, 1.54) is 4.88 Å². The molecule has 2 unspecified atom stereocenters. The number of hydrogen-bond acceptors (Lipinski definition) is 4. The lowest BCUT2D eigenvalue weighted by Crippen LogP contribution is -2.25. The van der Waals surface area contributed by atoms with Gasteiger partial charge >= 0.3 is 5.97 Å². The second-order valence-electron chi connectivity index (χ2n) is 4.20. The number of hydrogen-bond donors (Lipinski definition) is 2. The fraction of sp³-hybridized carbons (Fsp3) is 0.308. The van der Waals surface area contributed by atoms with Gasteiger partial charge in [-0.25, -0.2) is 0 Å². The van der Waals surface area contributed by atoms with E-state index >= 15 is 0 Å². The van der Waals surface area contributed by atoms with Crippen LogP contribution in [0.25, 0.3) is 0 Å². The SMILES string of the molecule is CC(NC(CC(=O)O)c1cccs1)c1ccc(Br)s1. The summed E-state index contributed by atoms with van der Waals surface area (Å²) in [6, 6.07) is 7.97. The highest BCUT2D eigenvalue weighted by atomic mass is 79.9. The number of carboxylic acids is 1. The third-order valence-corrected chi connectivity index (χ3v) is 5.53. The topological polar surface area (TPSA) is 49.3 Å². The van der Waals surface area contributed by atoms with Crippen LogP contribution in [0.15, 0.2) is 33.4 Å². The van der Waals surface area contributed by atoms with Crippen LogP contribution in [-0.2, 0) is 4.79 Å². The number of rotatable bonds is 6. The molecule has 0 spiro atoms. The van der Waals surface area contributed by atoms with Crippen LogP contribution < -0.4 is 5.32 Å². The Morgan fingerprint density at radius 2 is 2.21 bits per heavy atom. The first-order chi connectivity index (χ1) is 9.06.